The minimum atomic E-state index is -3.14. The molecule has 0 aliphatic heterocycles. The monoisotopic (exact) mass is 291 g/mol. The number of rotatable bonds is 5. The van der Waals surface area contributed by atoms with Crippen LogP contribution in [0.4, 0.5) is 5.82 Å². The molecule has 0 aliphatic rings. The largest absolute Gasteiger partial charge is 0.368 e. The van der Waals surface area contributed by atoms with E-state index in [0.717, 1.165) is 0 Å². The SMILES string of the molecule is CCc1nc(Cl)cc(NCC(C)(C)S(C)(=O)=O)n1. The molecule has 102 valence electrons. The molecule has 0 spiro atoms. The third-order valence-corrected chi connectivity index (χ3v) is 5.10. The van der Waals surface area contributed by atoms with E-state index in [1.807, 2.05) is 6.92 Å². The third-order valence-electron chi connectivity index (χ3n) is 2.76. The first kappa shape index (κ1) is 15.2. The summed E-state index contributed by atoms with van der Waals surface area (Å²) in [5.41, 5.74) is 0. The van der Waals surface area contributed by atoms with Gasteiger partial charge in [-0.15, -0.1) is 0 Å². The van der Waals surface area contributed by atoms with Gasteiger partial charge in [0.25, 0.3) is 0 Å². The fourth-order valence-corrected chi connectivity index (χ4v) is 1.68. The van der Waals surface area contributed by atoms with Crippen LogP contribution in [0.1, 0.15) is 26.6 Å². The molecule has 0 unspecified atom stereocenters. The molecule has 0 bridgehead atoms. The van der Waals surface area contributed by atoms with Crippen molar-refractivity contribution in [3.05, 3.63) is 17.0 Å². The van der Waals surface area contributed by atoms with Crippen molar-refractivity contribution >= 4 is 27.3 Å². The molecule has 0 saturated heterocycles. The van der Waals surface area contributed by atoms with Gasteiger partial charge in [-0.25, -0.2) is 18.4 Å². The zero-order valence-electron chi connectivity index (χ0n) is 11.0. The van der Waals surface area contributed by atoms with Gasteiger partial charge in [0.05, 0.1) is 4.75 Å². The first-order valence-corrected chi connectivity index (χ1v) is 7.89. The average Bonchev–Trinajstić information content (AvgIpc) is 2.24. The summed E-state index contributed by atoms with van der Waals surface area (Å²) >= 11 is 5.86. The first-order chi connectivity index (χ1) is 8.15. The number of hydrogen-bond donors (Lipinski definition) is 1. The molecule has 5 nitrogen and oxygen atoms in total. The van der Waals surface area contributed by atoms with Gasteiger partial charge in [0, 0.05) is 25.3 Å². The molecule has 1 heterocycles. The minimum Gasteiger partial charge on any atom is -0.368 e. The van der Waals surface area contributed by atoms with Crippen molar-refractivity contribution < 1.29 is 8.42 Å². The van der Waals surface area contributed by atoms with Gasteiger partial charge in [-0.3, -0.25) is 0 Å². The lowest BCUT2D eigenvalue weighted by Gasteiger charge is -2.23. The number of aromatic nitrogens is 2. The first-order valence-electron chi connectivity index (χ1n) is 5.62. The van der Waals surface area contributed by atoms with Crippen LogP contribution in [0, 0.1) is 0 Å². The lowest BCUT2D eigenvalue weighted by Crippen LogP contribution is -2.38. The van der Waals surface area contributed by atoms with E-state index in [2.05, 4.69) is 15.3 Å². The molecule has 0 aromatic carbocycles. The van der Waals surface area contributed by atoms with E-state index in [1.165, 1.54) is 6.26 Å². The summed E-state index contributed by atoms with van der Waals surface area (Å²) in [7, 11) is -3.14. The molecule has 0 radical (unpaired) electrons. The average molecular weight is 292 g/mol. The summed E-state index contributed by atoms with van der Waals surface area (Å²) in [4.78, 5) is 8.28. The number of nitrogens with zero attached hydrogens (tertiary/aromatic N) is 2. The van der Waals surface area contributed by atoms with Gasteiger partial charge in [-0.05, 0) is 13.8 Å². The van der Waals surface area contributed by atoms with Crippen LogP contribution >= 0.6 is 11.6 Å². The molecule has 7 heteroatoms. The van der Waals surface area contributed by atoms with Crippen LogP contribution in [0.25, 0.3) is 0 Å². The smallest absolute Gasteiger partial charge is 0.154 e. The van der Waals surface area contributed by atoms with Gasteiger partial charge < -0.3 is 5.32 Å². The van der Waals surface area contributed by atoms with Crippen LogP contribution in [-0.2, 0) is 16.3 Å². The summed E-state index contributed by atoms with van der Waals surface area (Å²) in [6, 6.07) is 1.58. The molecular formula is C11H18ClN3O2S. The lowest BCUT2D eigenvalue weighted by atomic mass is 10.2. The van der Waals surface area contributed by atoms with E-state index >= 15 is 0 Å². The fraction of sp³-hybridized carbons (Fsp3) is 0.636. The van der Waals surface area contributed by atoms with Crippen molar-refractivity contribution in [2.45, 2.75) is 31.9 Å². The van der Waals surface area contributed by atoms with Crippen molar-refractivity contribution in [3.8, 4) is 0 Å². The molecule has 1 rings (SSSR count). The molecule has 0 amide bonds. The highest BCUT2D eigenvalue weighted by Gasteiger charge is 2.29. The number of sulfone groups is 1. The maximum absolute atomic E-state index is 11.6. The van der Waals surface area contributed by atoms with Crippen molar-refractivity contribution in [1.82, 2.24) is 9.97 Å². The molecule has 1 N–H and O–H groups in total. The Kier molecular flexibility index (Phi) is 4.55. The van der Waals surface area contributed by atoms with E-state index in [1.54, 1.807) is 19.9 Å². The van der Waals surface area contributed by atoms with E-state index < -0.39 is 14.6 Å². The number of anilines is 1. The highest BCUT2D eigenvalue weighted by atomic mass is 35.5. The molecule has 0 fully saturated rings. The van der Waals surface area contributed by atoms with Gasteiger partial charge in [0.1, 0.15) is 16.8 Å². The van der Waals surface area contributed by atoms with Crippen LogP contribution in [0.15, 0.2) is 6.07 Å². The Labute approximate surface area is 113 Å². The number of halogens is 1. The van der Waals surface area contributed by atoms with Gasteiger partial charge in [0.2, 0.25) is 0 Å². The highest BCUT2D eigenvalue weighted by molar-refractivity contribution is 7.92. The summed E-state index contributed by atoms with van der Waals surface area (Å²) in [6.07, 6.45) is 1.89. The van der Waals surface area contributed by atoms with Crippen LogP contribution < -0.4 is 5.32 Å². The lowest BCUT2D eigenvalue weighted by molar-refractivity contribution is 0.559. The van der Waals surface area contributed by atoms with Gasteiger partial charge in [-0.2, -0.15) is 0 Å². The number of hydrogen-bond acceptors (Lipinski definition) is 5. The Hall–Kier alpha value is -0.880. The zero-order chi connectivity index (χ0) is 14.0. The topological polar surface area (TPSA) is 72.0 Å². The van der Waals surface area contributed by atoms with Crippen molar-refractivity contribution in [2.24, 2.45) is 0 Å². The second-order valence-corrected chi connectivity index (χ2v) is 7.77. The van der Waals surface area contributed by atoms with Crippen LogP contribution in [-0.4, -0.2) is 35.9 Å². The van der Waals surface area contributed by atoms with E-state index in [4.69, 9.17) is 11.6 Å². The molecule has 0 atom stereocenters. The Morgan fingerprint density at radius 2 is 2.00 bits per heavy atom. The molecular weight excluding hydrogens is 274 g/mol. The van der Waals surface area contributed by atoms with Crippen LogP contribution in [0.3, 0.4) is 0 Å². The highest BCUT2D eigenvalue weighted by Crippen LogP contribution is 2.17. The fourth-order valence-electron chi connectivity index (χ4n) is 1.15. The Balaban J connectivity index is 2.84. The quantitative estimate of drug-likeness (QED) is 0.839. The second kappa shape index (κ2) is 5.40. The molecule has 0 saturated carbocycles. The number of aryl methyl sites for hydroxylation is 1. The molecule has 18 heavy (non-hydrogen) atoms. The standard InChI is InChI=1S/C11H18ClN3O2S/c1-5-9-14-8(12)6-10(15-9)13-7-11(2,3)18(4,16)17/h6H,5,7H2,1-4H3,(H,13,14,15). The Morgan fingerprint density at radius 3 is 2.50 bits per heavy atom. The second-order valence-electron chi connectivity index (χ2n) is 4.73. The van der Waals surface area contributed by atoms with Crippen molar-refractivity contribution in [3.63, 3.8) is 0 Å². The van der Waals surface area contributed by atoms with Gasteiger partial charge in [0.15, 0.2) is 9.84 Å². The summed E-state index contributed by atoms with van der Waals surface area (Å²) in [5, 5.41) is 3.34. The van der Waals surface area contributed by atoms with Crippen molar-refractivity contribution in [1.29, 1.82) is 0 Å². The Morgan fingerprint density at radius 1 is 1.39 bits per heavy atom. The summed E-state index contributed by atoms with van der Waals surface area (Å²) in [6.45, 7) is 5.52. The zero-order valence-corrected chi connectivity index (χ0v) is 12.6. The maximum atomic E-state index is 11.6. The van der Waals surface area contributed by atoms with E-state index in [9.17, 15) is 8.42 Å². The predicted molar refractivity (Wildman–Crippen MR) is 73.8 cm³/mol. The van der Waals surface area contributed by atoms with Gasteiger partial charge >= 0.3 is 0 Å². The maximum Gasteiger partial charge on any atom is 0.154 e. The van der Waals surface area contributed by atoms with Crippen LogP contribution in [0.2, 0.25) is 5.15 Å². The number of nitrogens with one attached hydrogen (secondary N) is 1. The Bertz CT molecular complexity index is 529. The van der Waals surface area contributed by atoms with Crippen LogP contribution in [0.5, 0.6) is 0 Å². The minimum absolute atomic E-state index is 0.266. The molecule has 0 aliphatic carbocycles. The van der Waals surface area contributed by atoms with E-state index in [-0.39, 0.29) is 6.54 Å². The van der Waals surface area contributed by atoms with E-state index in [0.29, 0.717) is 23.2 Å². The third kappa shape index (κ3) is 3.81. The molecule has 1 aromatic rings. The normalized spacial score (nSPS) is 12.5. The predicted octanol–water partition coefficient (Wildman–Crippen LogP) is 1.93. The summed E-state index contributed by atoms with van der Waals surface area (Å²) < 4.78 is 22.3. The van der Waals surface area contributed by atoms with Crippen molar-refractivity contribution in [2.75, 3.05) is 18.1 Å². The van der Waals surface area contributed by atoms with Gasteiger partial charge in [-0.1, -0.05) is 18.5 Å². The summed E-state index contributed by atoms with van der Waals surface area (Å²) in [5.74, 6) is 1.17. The molecule has 1 aromatic heterocycles.